The summed E-state index contributed by atoms with van der Waals surface area (Å²) < 4.78 is 0. The number of nitrogens with zero attached hydrogens (tertiary/aromatic N) is 3. The Hall–Kier alpha value is -1.65. The van der Waals surface area contributed by atoms with Gasteiger partial charge in [-0.25, -0.2) is 9.97 Å². The molecular formula is C12H18N4O. The van der Waals surface area contributed by atoms with Gasteiger partial charge in [0.25, 0.3) is 0 Å². The van der Waals surface area contributed by atoms with E-state index in [0.29, 0.717) is 6.54 Å². The molecule has 17 heavy (non-hydrogen) atoms. The highest BCUT2D eigenvalue weighted by Crippen LogP contribution is 2.31. The standard InChI is InChI=1S/C12H18N4O/c1-9-6-10(15-8-14-9)16-5-3-4-12(2,7-16)11(13)17/h6,8H,3-5,7H2,1-2H3,(H2,13,17)/t12-/m1/s1. The number of amides is 1. The van der Waals surface area contributed by atoms with Crippen LogP contribution in [0.4, 0.5) is 5.82 Å². The molecule has 0 radical (unpaired) electrons. The van der Waals surface area contributed by atoms with Crippen molar-refractivity contribution in [2.24, 2.45) is 11.1 Å². The third-order valence-corrected chi connectivity index (χ3v) is 3.40. The van der Waals surface area contributed by atoms with E-state index in [4.69, 9.17) is 5.73 Å². The molecule has 92 valence electrons. The molecule has 0 spiro atoms. The minimum Gasteiger partial charge on any atom is -0.369 e. The first kappa shape index (κ1) is 11.8. The van der Waals surface area contributed by atoms with E-state index in [2.05, 4.69) is 14.9 Å². The van der Waals surface area contributed by atoms with Gasteiger partial charge in [-0.05, 0) is 26.7 Å². The molecule has 1 atom stereocenters. The number of anilines is 1. The molecule has 1 aromatic heterocycles. The second kappa shape index (κ2) is 4.31. The van der Waals surface area contributed by atoms with Crippen LogP contribution in [0.5, 0.6) is 0 Å². The SMILES string of the molecule is Cc1cc(N2CCC[C@@](C)(C(N)=O)C2)ncn1. The van der Waals surface area contributed by atoms with E-state index >= 15 is 0 Å². The minimum absolute atomic E-state index is 0.229. The number of hydrogen-bond acceptors (Lipinski definition) is 4. The van der Waals surface area contributed by atoms with E-state index in [1.54, 1.807) is 6.33 Å². The molecule has 1 aromatic rings. The van der Waals surface area contributed by atoms with E-state index < -0.39 is 5.41 Å². The Bertz CT molecular complexity index is 434. The Kier molecular flexibility index (Phi) is 3.00. The second-order valence-electron chi connectivity index (χ2n) is 4.97. The van der Waals surface area contributed by atoms with Gasteiger partial charge in [-0.3, -0.25) is 4.79 Å². The van der Waals surface area contributed by atoms with Crippen molar-refractivity contribution < 1.29 is 4.79 Å². The molecule has 5 heteroatoms. The molecule has 1 saturated heterocycles. The zero-order valence-corrected chi connectivity index (χ0v) is 10.3. The van der Waals surface area contributed by atoms with Crippen LogP contribution >= 0.6 is 0 Å². The first-order valence-corrected chi connectivity index (χ1v) is 5.85. The van der Waals surface area contributed by atoms with Crippen molar-refractivity contribution in [3.8, 4) is 0 Å². The number of aryl methyl sites for hydroxylation is 1. The van der Waals surface area contributed by atoms with Crippen LogP contribution in [0.15, 0.2) is 12.4 Å². The van der Waals surface area contributed by atoms with Crippen LogP contribution in [0.3, 0.4) is 0 Å². The van der Waals surface area contributed by atoms with Gasteiger partial charge in [0.2, 0.25) is 5.91 Å². The number of nitrogens with two attached hydrogens (primary N) is 1. The molecule has 1 aliphatic rings. The number of rotatable bonds is 2. The van der Waals surface area contributed by atoms with Crippen LogP contribution in [0.1, 0.15) is 25.5 Å². The van der Waals surface area contributed by atoms with E-state index in [0.717, 1.165) is 30.9 Å². The highest BCUT2D eigenvalue weighted by Gasteiger charge is 2.36. The quantitative estimate of drug-likeness (QED) is 0.824. The third-order valence-electron chi connectivity index (χ3n) is 3.40. The average molecular weight is 234 g/mol. The summed E-state index contributed by atoms with van der Waals surface area (Å²) >= 11 is 0. The lowest BCUT2D eigenvalue weighted by Gasteiger charge is -2.38. The number of carbonyl (C=O) groups excluding carboxylic acids is 1. The molecule has 0 unspecified atom stereocenters. The molecule has 0 saturated carbocycles. The van der Waals surface area contributed by atoms with Gasteiger partial charge in [0, 0.05) is 24.8 Å². The predicted molar refractivity (Wildman–Crippen MR) is 65.5 cm³/mol. The van der Waals surface area contributed by atoms with Crippen LogP contribution in [0.2, 0.25) is 0 Å². The monoisotopic (exact) mass is 234 g/mol. The molecule has 0 bridgehead atoms. The van der Waals surface area contributed by atoms with Crippen LogP contribution in [0, 0.1) is 12.3 Å². The maximum absolute atomic E-state index is 11.5. The van der Waals surface area contributed by atoms with Crippen LogP contribution < -0.4 is 10.6 Å². The topological polar surface area (TPSA) is 72.1 Å². The second-order valence-corrected chi connectivity index (χ2v) is 4.97. The van der Waals surface area contributed by atoms with Gasteiger partial charge in [0.1, 0.15) is 12.1 Å². The van der Waals surface area contributed by atoms with Crippen molar-refractivity contribution in [2.75, 3.05) is 18.0 Å². The van der Waals surface area contributed by atoms with E-state index in [-0.39, 0.29) is 5.91 Å². The molecule has 1 aliphatic heterocycles. The smallest absolute Gasteiger partial charge is 0.225 e. The number of piperidine rings is 1. The summed E-state index contributed by atoms with van der Waals surface area (Å²) in [6.45, 7) is 5.41. The molecular weight excluding hydrogens is 216 g/mol. The molecule has 2 heterocycles. The van der Waals surface area contributed by atoms with Gasteiger partial charge < -0.3 is 10.6 Å². The van der Waals surface area contributed by atoms with Crippen molar-refractivity contribution in [1.29, 1.82) is 0 Å². The fourth-order valence-corrected chi connectivity index (χ4v) is 2.25. The van der Waals surface area contributed by atoms with Crippen molar-refractivity contribution in [3.63, 3.8) is 0 Å². The summed E-state index contributed by atoms with van der Waals surface area (Å²) in [7, 11) is 0. The summed E-state index contributed by atoms with van der Waals surface area (Å²) in [5, 5.41) is 0. The van der Waals surface area contributed by atoms with E-state index in [1.807, 2.05) is 19.9 Å². The lowest BCUT2D eigenvalue weighted by Crippen LogP contribution is -2.49. The Morgan fingerprint density at radius 1 is 1.53 bits per heavy atom. The fraction of sp³-hybridized carbons (Fsp3) is 0.583. The third kappa shape index (κ3) is 2.38. The highest BCUT2D eigenvalue weighted by molar-refractivity contribution is 5.81. The molecule has 0 aromatic carbocycles. The summed E-state index contributed by atoms with van der Waals surface area (Å²) in [5.41, 5.74) is 5.96. The number of aromatic nitrogens is 2. The maximum atomic E-state index is 11.5. The van der Waals surface area contributed by atoms with E-state index in [1.165, 1.54) is 0 Å². The zero-order valence-electron chi connectivity index (χ0n) is 10.3. The Morgan fingerprint density at radius 2 is 2.29 bits per heavy atom. The lowest BCUT2D eigenvalue weighted by molar-refractivity contribution is -0.127. The highest BCUT2D eigenvalue weighted by atomic mass is 16.1. The van der Waals surface area contributed by atoms with Gasteiger partial charge in [0.05, 0.1) is 5.41 Å². The average Bonchev–Trinajstić information content (AvgIpc) is 2.29. The van der Waals surface area contributed by atoms with Crippen LogP contribution in [0.25, 0.3) is 0 Å². The largest absolute Gasteiger partial charge is 0.369 e. The molecule has 2 N–H and O–H groups in total. The van der Waals surface area contributed by atoms with Crippen molar-refractivity contribution in [2.45, 2.75) is 26.7 Å². The first-order chi connectivity index (χ1) is 8.01. The van der Waals surface area contributed by atoms with E-state index in [9.17, 15) is 4.79 Å². The summed E-state index contributed by atoms with van der Waals surface area (Å²) in [4.78, 5) is 21.9. The van der Waals surface area contributed by atoms with Gasteiger partial charge in [-0.15, -0.1) is 0 Å². The maximum Gasteiger partial charge on any atom is 0.225 e. The Labute approximate surface area is 101 Å². The van der Waals surface area contributed by atoms with Gasteiger partial charge in [-0.1, -0.05) is 0 Å². The van der Waals surface area contributed by atoms with Crippen LogP contribution in [-0.2, 0) is 4.79 Å². The summed E-state index contributed by atoms with van der Waals surface area (Å²) in [6, 6.07) is 1.94. The van der Waals surface area contributed by atoms with Gasteiger partial charge in [-0.2, -0.15) is 0 Å². The van der Waals surface area contributed by atoms with Crippen molar-refractivity contribution in [3.05, 3.63) is 18.1 Å². The van der Waals surface area contributed by atoms with Crippen molar-refractivity contribution in [1.82, 2.24) is 9.97 Å². The molecule has 2 rings (SSSR count). The fourth-order valence-electron chi connectivity index (χ4n) is 2.25. The predicted octanol–water partition coefficient (Wildman–Crippen LogP) is 0.877. The molecule has 1 fully saturated rings. The Morgan fingerprint density at radius 3 is 2.94 bits per heavy atom. The number of primary amides is 1. The number of carbonyl (C=O) groups is 1. The Balaban J connectivity index is 2.20. The summed E-state index contributed by atoms with van der Waals surface area (Å²) in [6.07, 6.45) is 3.37. The molecule has 1 amide bonds. The normalized spacial score (nSPS) is 24.7. The number of hydrogen-bond donors (Lipinski definition) is 1. The van der Waals surface area contributed by atoms with Crippen molar-refractivity contribution >= 4 is 11.7 Å². The first-order valence-electron chi connectivity index (χ1n) is 5.85. The summed E-state index contributed by atoms with van der Waals surface area (Å²) in [5.74, 6) is 0.651. The lowest BCUT2D eigenvalue weighted by atomic mass is 9.81. The van der Waals surface area contributed by atoms with Gasteiger partial charge in [0.15, 0.2) is 0 Å². The van der Waals surface area contributed by atoms with Crippen LogP contribution in [-0.4, -0.2) is 29.0 Å². The molecule has 0 aliphatic carbocycles. The molecule has 5 nitrogen and oxygen atoms in total. The minimum atomic E-state index is -0.447. The van der Waals surface area contributed by atoms with Gasteiger partial charge >= 0.3 is 0 Å². The zero-order chi connectivity index (χ0) is 12.5.